The first-order valence-corrected chi connectivity index (χ1v) is 11.3. The molecule has 2 saturated heterocycles. The van der Waals surface area contributed by atoms with Gasteiger partial charge < -0.3 is 14.4 Å². The van der Waals surface area contributed by atoms with Crippen molar-refractivity contribution < 1.29 is 9.47 Å². The van der Waals surface area contributed by atoms with Gasteiger partial charge in [-0.25, -0.2) is 4.98 Å². The van der Waals surface area contributed by atoms with Crippen LogP contribution in [0.25, 0.3) is 0 Å². The molecule has 0 N–H and O–H groups in total. The first-order chi connectivity index (χ1) is 15.3. The Hall–Kier alpha value is -2.35. The Morgan fingerprint density at radius 3 is 2.52 bits per heavy atom. The van der Waals surface area contributed by atoms with Gasteiger partial charge in [-0.1, -0.05) is 29.8 Å². The number of anilines is 1. The number of hydrogen-bond donors (Lipinski definition) is 0. The number of aromatic nitrogens is 1. The zero-order valence-corrected chi connectivity index (χ0v) is 18.5. The molecule has 7 heteroatoms. The molecule has 166 valence electrons. The van der Waals surface area contributed by atoms with E-state index in [1.165, 1.54) is 16.8 Å². The van der Waals surface area contributed by atoms with Gasteiger partial charge >= 0.3 is 0 Å². The van der Waals surface area contributed by atoms with E-state index in [0.717, 1.165) is 77.7 Å². The monoisotopic (exact) mass is 423 g/mol. The first-order valence-electron chi connectivity index (χ1n) is 11.3. The fraction of sp³-hybridized carbons (Fsp3) is 0.542. The number of benzene rings is 1. The molecule has 2 aromatic rings. The Kier molecular flexibility index (Phi) is 7.98. The third kappa shape index (κ3) is 6.82. The number of pyridine rings is 1. The Labute approximate surface area is 185 Å². The van der Waals surface area contributed by atoms with Gasteiger partial charge in [0.15, 0.2) is 5.82 Å². The zero-order valence-electron chi connectivity index (χ0n) is 18.5. The molecule has 3 heterocycles. The average molecular weight is 424 g/mol. The third-order valence-corrected chi connectivity index (χ3v) is 5.75. The second-order valence-corrected chi connectivity index (χ2v) is 8.22. The van der Waals surface area contributed by atoms with E-state index < -0.39 is 0 Å². The maximum atomic E-state index is 5.52. The average Bonchev–Trinajstić information content (AvgIpc) is 2.80. The van der Waals surface area contributed by atoms with E-state index in [1.807, 2.05) is 0 Å². The van der Waals surface area contributed by atoms with Crippen LogP contribution in [0.3, 0.4) is 0 Å². The fourth-order valence-corrected chi connectivity index (χ4v) is 4.05. The number of hydrogen-bond acceptors (Lipinski definition) is 7. The van der Waals surface area contributed by atoms with Gasteiger partial charge in [0, 0.05) is 43.6 Å². The number of aryl methyl sites for hydroxylation is 2. The molecule has 0 amide bonds. The van der Waals surface area contributed by atoms with Crippen LogP contribution in [0.15, 0.2) is 46.6 Å². The van der Waals surface area contributed by atoms with Crippen LogP contribution in [0.1, 0.15) is 23.2 Å². The molecule has 1 aromatic heterocycles. The highest BCUT2D eigenvalue weighted by atomic mass is 16.5. The summed E-state index contributed by atoms with van der Waals surface area (Å²) < 4.78 is 11.0. The van der Waals surface area contributed by atoms with Gasteiger partial charge in [-0.2, -0.15) is 5.11 Å². The lowest BCUT2D eigenvalue weighted by Crippen LogP contribution is -2.37. The van der Waals surface area contributed by atoms with E-state index in [4.69, 9.17) is 14.5 Å². The lowest BCUT2D eigenvalue weighted by molar-refractivity contribution is 0.0374. The van der Waals surface area contributed by atoms with Crippen molar-refractivity contribution in [3.05, 3.63) is 53.2 Å². The zero-order chi connectivity index (χ0) is 21.3. The van der Waals surface area contributed by atoms with Gasteiger partial charge in [-0.15, -0.1) is 5.11 Å². The minimum absolute atomic E-state index is 0.567. The minimum Gasteiger partial charge on any atom is -0.379 e. The molecule has 0 unspecified atom stereocenters. The summed E-state index contributed by atoms with van der Waals surface area (Å²) in [5.74, 6) is 0.693. The molecule has 0 spiro atoms. The summed E-state index contributed by atoms with van der Waals surface area (Å²) in [6.45, 7) is 10.8. The van der Waals surface area contributed by atoms with Crippen LogP contribution < -0.4 is 4.90 Å². The molecule has 0 atom stereocenters. The summed E-state index contributed by atoms with van der Waals surface area (Å²) in [4.78, 5) is 9.63. The first kappa shape index (κ1) is 21.9. The van der Waals surface area contributed by atoms with E-state index in [9.17, 15) is 0 Å². The molecule has 2 aliphatic rings. The highest BCUT2D eigenvalue weighted by molar-refractivity contribution is 5.53. The van der Waals surface area contributed by atoms with E-state index in [2.05, 4.69) is 63.4 Å². The van der Waals surface area contributed by atoms with Crippen molar-refractivity contribution >= 4 is 11.5 Å². The molecule has 0 aliphatic carbocycles. The summed E-state index contributed by atoms with van der Waals surface area (Å²) in [5, 5.41) is 8.91. The normalized spacial score (nSPS) is 18.0. The number of azo groups is 1. The smallest absolute Gasteiger partial charge is 0.176 e. The summed E-state index contributed by atoms with van der Waals surface area (Å²) in [7, 11) is 0. The van der Waals surface area contributed by atoms with Crippen molar-refractivity contribution in [2.45, 2.75) is 26.3 Å². The minimum atomic E-state index is 0.567. The quantitative estimate of drug-likeness (QED) is 0.605. The molecule has 7 nitrogen and oxygen atoms in total. The highest BCUT2D eigenvalue weighted by Crippen LogP contribution is 2.24. The van der Waals surface area contributed by atoms with Crippen molar-refractivity contribution in [1.82, 2.24) is 9.88 Å². The van der Waals surface area contributed by atoms with E-state index in [1.54, 1.807) is 0 Å². The van der Waals surface area contributed by atoms with Gasteiger partial charge in [0.2, 0.25) is 0 Å². The Balaban J connectivity index is 1.43. The van der Waals surface area contributed by atoms with Crippen LogP contribution in [-0.2, 0) is 22.4 Å². The predicted molar refractivity (Wildman–Crippen MR) is 122 cm³/mol. The maximum Gasteiger partial charge on any atom is 0.176 e. The van der Waals surface area contributed by atoms with Crippen molar-refractivity contribution in [2.75, 3.05) is 64.1 Å². The molecule has 4 rings (SSSR count). The van der Waals surface area contributed by atoms with E-state index in [-0.39, 0.29) is 0 Å². The lowest BCUT2D eigenvalue weighted by Gasteiger charge is -2.29. The van der Waals surface area contributed by atoms with Gasteiger partial charge in [-0.05, 0) is 37.9 Å². The molecular formula is C24H33N5O2. The predicted octanol–water partition coefficient (Wildman–Crippen LogP) is 3.78. The van der Waals surface area contributed by atoms with Crippen LogP contribution in [0, 0.1) is 6.92 Å². The number of rotatable bonds is 8. The van der Waals surface area contributed by atoms with Gasteiger partial charge in [0.05, 0.1) is 33.0 Å². The molecule has 31 heavy (non-hydrogen) atoms. The number of ether oxygens (including phenoxy) is 2. The second-order valence-electron chi connectivity index (χ2n) is 8.22. The van der Waals surface area contributed by atoms with Crippen LogP contribution >= 0.6 is 0 Å². The van der Waals surface area contributed by atoms with E-state index >= 15 is 0 Å². The molecule has 2 fully saturated rings. The highest BCUT2D eigenvalue weighted by Gasteiger charge is 2.14. The van der Waals surface area contributed by atoms with Crippen LogP contribution in [0.2, 0.25) is 0 Å². The maximum absolute atomic E-state index is 5.52. The standard InChI is InChI=1S/C24H33N5O2/c1-20-4-2-5-21(16-20)19-25-27-24-18-23(29-10-14-31-15-11-29)17-22(26-24)6-3-7-28-8-12-30-13-9-28/h2,4-5,16-18H,3,6-15,19H2,1H3. The van der Waals surface area contributed by atoms with Crippen molar-refractivity contribution in [1.29, 1.82) is 0 Å². The van der Waals surface area contributed by atoms with E-state index in [0.29, 0.717) is 12.4 Å². The topological polar surface area (TPSA) is 62.5 Å². The van der Waals surface area contributed by atoms with Crippen molar-refractivity contribution in [3.8, 4) is 0 Å². The number of nitrogens with zero attached hydrogens (tertiary/aromatic N) is 5. The summed E-state index contributed by atoms with van der Waals surface area (Å²) >= 11 is 0. The van der Waals surface area contributed by atoms with Crippen LogP contribution in [0.4, 0.5) is 11.5 Å². The summed E-state index contributed by atoms with van der Waals surface area (Å²) in [6.07, 6.45) is 2.02. The Bertz CT molecular complexity index is 861. The van der Waals surface area contributed by atoms with Crippen LogP contribution in [-0.4, -0.2) is 69.0 Å². The Morgan fingerprint density at radius 2 is 1.74 bits per heavy atom. The molecule has 0 bridgehead atoms. The molecular weight excluding hydrogens is 390 g/mol. The molecule has 0 radical (unpaired) electrons. The van der Waals surface area contributed by atoms with Gasteiger partial charge in [-0.3, -0.25) is 4.90 Å². The molecule has 1 aromatic carbocycles. The Morgan fingerprint density at radius 1 is 0.968 bits per heavy atom. The fourth-order valence-electron chi connectivity index (χ4n) is 4.05. The summed E-state index contributed by atoms with van der Waals surface area (Å²) in [5.41, 5.74) is 4.66. The van der Waals surface area contributed by atoms with Crippen molar-refractivity contribution in [3.63, 3.8) is 0 Å². The summed E-state index contributed by atoms with van der Waals surface area (Å²) in [6, 6.07) is 12.6. The molecule has 2 aliphatic heterocycles. The van der Waals surface area contributed by atoms with Gasteiger partial charge in [0.1, 0.15) is 0 Å². The third-order valence-electron chi connectivity index (χ3n) is 5.75. The molecule has 0 saturated carbocycles. The van der Waals surface area contributed by atoms with Gasteiger partial charge in [0.25, 0.3) is 0 Å². The van der Waals surface area contributed by atoms with Crippen LogP contribution in [0.5, 0.6) is 0 Å². The van der Waals surface area contributed by atoms with Crippen molar-refractivity contribution in [2.24, 2.45) is 10.2 Å². The SMILES string of the molecule is Cc1cccc(CN=Nc2cc(N3CCOCC3)cc(CCCN3CCOCC3)n2)c1. The largest absolute Gasteiger partial charge is 0.379 e. The lowest BCUT2D eigenvalue weighted by atomic mass is 10.1. The number of morpholine rings is 2. The second kappa shape index (κ2) is 11.3.